The number of carboxylic acid groups (broad SMARTS) is 1. The number of amides is 1. The van der Waals surface area contributed by atoms with Crippen molar-refractivity contribution in [2.24, 2.45) is 5.92 Å². The molecule has 0 aliphatic rings. The minimum absolute atomic E-state index is 0.166. The van der Waals surface area contributed by atoms with Crippen LogP contribution in [0.4, 0.5) is 0 Å². The molecule has 1 aromatic rings. The Morgan fingerprint density at radius 1 is 1.44 bits per heavy atom. The van der Waals surface area contributed by atoms with Gasteiger partial charge in [0.05, 0.1) is 10.8 Å². The molecule has 0 spiro atoms. The van der Waals surface area contributed by atoms with E-state index in [0.717, 1.165) is 4.88 Å². The van der Waals surface area contributed by atoms with Gasteiger partial charge in [0.1, 0.15) is 6.04 Å². The first-order valence-electron chi connectivity index (χ1n) is 5.65. The van der Waals surface area contributed by atoms with Gasteiger partial charge in [-0.2, -0.15) is 0 Å². The molecule has 0 unspecified atom stereocenters. The SMILES string of the molecule is CC(C)C[C@H](NC(=O)Cc1ccc(Cl)s1)C(=O)O. The first-order valence-corrected chi connectivity index (χ1v) is 6.84. The van der Waals surface area contributed by atoms with Gasteiger partial charge in [-0.05, 0) is 24.5 Å². The molecule has 4 nitrogen and oxygen atoms in total. The Hall–Kier alpha value is -1.07. The Morgan fingerprint density at radius 3 is 2.56 bits per heavy atom. The molecule has 0 aliphatic heterocycles. The topological polar surface area (TPSA) is 66.4 Å². The van der Waals surface area contributed by atoms with E-state index in [1.165, 1.54) is 11.3 Å². The highest BCUT2D eigenvalue weighted by molar-refractivity contribution is 7.16. The predicted molar refractivity (Wildman–Crippen MR) is 72.1 cm³/mol. The van der Waals surface area contributed by atoms with Gasteiger partial charge in [-0.3, -0.25) is 4.79 Å². The monoisotopic (exact) mass is 289 g/mol. The van der Waals surface area contributed by atoms with Crippen molar-refractivity contribution in [3.63, 3.8) is 0 Å². The molecule has 0 saturated heterocycles. The molecule has 1 heterocycles. The molecule has 1 atom stereocenters. The van der Waals surface area contributed by atoms with Gasteiger partial charge < -0.3 is 10.4 Å². The van der Waals surface area contributed by atoms with E-state index in [9.17, 15) is 9.59 Å². The van der Waals surface area contributed by atoms with E-state index in [4.69, 9.17) is 16.7 Å². The lowest BCUT2D eigenvalue weighted by Crippen LogP contribution is -2.42. The molecule has 100 valence electrons. The highest BCUT2D eigenvalue weighted by Crippen LogP contribution is 2.21. The zero-order valence-corrected chi connectivity index (χ0v) is 11.8. The molecule has 1 amide bonds. The van der Waals surface area contributed by atoms with Gasteiger partial charge in [-0.15, -0.1) is 11.3 Å². The molecule has 1 rings (SSSR count). The zero-order valence-electron chi connectivity index (χ0n) is 10.3. The van der Waals surface area contributed by atoms with E-state index >= 15 is 0 Å². The Bertz CT molecular complexity index is 431. The fourth-order valence-electron chi connectivity index (χ4n) is 1.54. The van der Waals surface area contributed by atoms with Gasteiger partial charge >= 0.3 is 5.97 Å². The van der Waals surface area contributed by atoms with Crippen molar-refractivity contribution in [1.29, 1.82) is 0 Å². The van der Waals surface area contributed by atoms with Gasteiger partial charge in [0.2, 0.25) is 5.91 Å². The molecule has 0 saturated carbocycles. The first kappa shape index (κ1) is 15.0. The number of aliphatic carboxylic acids is 1. The molecule has 18 heavy (non-hydrogen) atoms. The van der Waals surface area contributed by atoms with Crippen LogP contribution in [-0.2, 0) is 16.0 Å². The maximum Gasteiger partial charge on any atom is 0.326 e. The first-order chi connectivity index (χ1) is 8.38. The summed E-state index contributed by atoms with van der Waals surface area (Å²) in [7, 11) is 0. The second kappa shape index (κ2) is 6.75. The molecule has 0 aromatic carbocycles. The normalized spacial score (nSPS) is 12.4. The number of halogens is 1. The number of hydrogen-bond donors (Lipinski definition) is 2. The Morgan fingerprint density at radius 2 is 2.11 bits per heavy atom. The van der Waals surface area contributed by atoms with Gasteiger partial charge in [-0.1, -0.05) is 25.4 Å². The average molecular weight is 290 g/mol. The van der Waals surface area contributed by atoms with Crippen LogP contribution in [0.15, 0.2) is 12.1 Å². The maximum atomic E-state index is 11.7. The van der Waals surface area contributed by atoms with Crippen molar-refractivity contribution in [1.82, 2.24) is 5.32 Å². The molecule has 2 N–H and O–H groups in total. The van der Waals surface area contributed by atoms with Crippen LogP contribution in [0.1, 0.15) is 25.1 Å². The number of hydrogen-bond acceptors (Lipinski definition) is 3. The van der Waals surface area contributed by atoms with Crippen molar-refractivity contribution >= 4 is 34.8 Å². The quantitative estimate of drug-likeness (QED) is 0.846. The van der Waals surface area contributed by atoms with Crippen molar-refractivity contribution in [2.45, 2.75) is 32.7 Å². The molecule has 0 bridgehead atoms. The van der Waals surface area contributed by atoms with Crippen molar-refractivity contribution in [3.8, 4) is 0 Å². The second-order valence-corrected chi connectivity index (χ2v) is 6.27. The minimum atomic E-state index is -0.999. The van der Waals surface area contributed by atoms with E-state index in [1.807, 2.05) is 13.8 Å². The highest BCUT2D eigenvalue weighted by atomic mass is 35.5. The van der Waals surface area contributed by atoms with E-state index in [-0.39, 0.29) is 18.2 Å². The zero-order chi connectivity index (χ0) is 13.7. The summed E-state index contributed by atoms with van der Waals surface area (Å²) in [6, 6.07) is 2.66. The van der Waals surface area contributed by atoms with E-state index in [0.29, 0.717) is 10.8 Å². The summed E-state index contributed by atoms with van der Waals surface area (Å²) >= 11 is 7.08. The summed E-state index contributed by atoms with van der Waals surface area (Å²) in [5.74, 6) is -1.08. The number of thiophene rings is 1. The number of carbonyl (C=O) groups is 2. The summed E-state index contributed by atoms with van der Waals surface area (Å²) in [6.45, 7) is 3.84. The third kappa shape index (κ3) is 5.06. The van der Waals surface area contributed by atoms with Crippen LogP contribution < -0.4 is 5.32 Å². The molecule has 0 aliphatic carbocycles. The van der Waals surface area contributed by atoms with Crippen molar-refractivity contribution in [3.05, 3.63) is 21.3 Å². The number of carboxylic acids is 1. The van der Waals surface area contributed by atoms with E-state index in [1.54, 1.807) is 12.1 Å². The van der Waals surface area contributed by atoms with Crippen molar-refractivity contribution in [2.75, 3.05) is 0 Å². The number of carbonyl (C=O) groups excluding carboxylic acids is 1. The van der Waals surface area contributed by atoms with Gasteiger partial charge in [0, 0.05) is 4.88 Å². The van der Waals surface area contributed by atoms with Gasteiger partial charge in [-0.25, -0.2) is 4.79 Å². The van der Waals surface area contributed by atoms with E-state index < -0.39 is 12.0 Å². The van der Waals surface area contributed by atoms with E-state index in [2.05, 4.69) is 5.32 Å². The molecule has 1 aromatic heterocycles. The van der Waals surface area contributed by atoms with Crippen LogP contribution >= 0.6 is 22.9 Å². The molecular weight excluding hydrogens is 274 g/mol. The third-order valence-electron chi connectivity index (χ3n) is 2.30. The number of rotatable bonds is 6. The average Bonchev–Trinajstić information content (AvgIpc) is 2.62. The standard InChI is InChI=1S/C12H16ClNO3S/c1-7(2)5-9(12(16)17)14-11(15)6-8-3-4-10(13)18-8/h3-4,7,9H,5-6H2,1-2H3,(H,14,15)(H,16,17)/t9-/m0/s1. The van der Waals surface area contributed by atoms with Crippen LogP contribution in [0, 0.1) is 5.92 Å². The predicted octanol–water partition coefficient (Wildman–Crippen LogP) is 2.56. The lowest BCUT2D eigenvalue weighted by molar-refractivity contribution is -0.142. The minimum Gasteiger partial charge on any atom is -0.480 e. The second-order valence-electron chi connectivity index (χ2n) is 4.47. The summed E-state index contributed by atoms with van der Waals surface area (Å²) in [4.78, 5) is 23.5. The van der Waals surface area contributed by atoms with Crippen LogP contribution in [0.25, 0.3) is 0 Å². The van der Waals surface area contributed by atoms with Crippen molar-refractivity contribution < 1.29 is 14.7 Å². The fraction of sp³-hybridized carbons (Fsp3) is 0.500. The Kier molecular flexibility index (Phi) is 5.62. The Labute approximate surface area is 115 Å². The molecule has 0 radical (unpaired) electrons. The lowest BCUT2D eigenvalue weighted by atomic mass is 10.0. The van der Waals surface area contributed by atoms with Crippen LogP contribution in [0.5, 0.6) is 0 Å². The lowest BCUT2D eigenvalue weighted by Gasteiger charge is -2.16. The molecule has 0 fully saturated rings. The highest BCUT2D eigenvalue weighted by Gasteiger charge is 2.21. The number of nitrogens with one attached hydrogen (secondary N) is 1. The smallest absolute Gasteiger partial charge is 0.326 e. The maximum absolute atomic E-state index is 11.7. The molecule has 6 heteroatoms. The van der Waals surface area contributed by atoms with Crippen LogP contribution in [-0.4, -0.2) is 23.0 Å². The summed E-state index contributed by atoms with van der Waals surface area (Å²) in [5, 5.41) is 11.5. The van der Waals surface area contributed by atoms with Crippen LogP contribution in [0.2, 0.25) is 4.34 Å². The largest absolute Gasteiger partial charge is 0.480 e. The van der Waals surface area contributed by atoms with Crippen LogP contribution in [0.3, 0.4) is 0 Å². The molecular formula is C12H16ClNO3S. The summed E-state index contributed by atoms with van der Waals surface area (Å²) < 4.78 is 0.620. The van der Waals surface area contributed by atoms with Gasteiger partial charge in [0.15, 0.2) is 0 Å². The fourth-order valence-corrected chi connectivity index (χ4v) is 2.63. The van der Waals surface area contributed by atoms with Gasteiger partial charge in [0.25, 0.3) is 0 Å². The third-order valence-corrected chi connectivity index (χ3v) is 3.54. The summed E-state index contributed by atoms with van der Waals surface area (Å²) in [6.07, 6.45) is 0.589. The summed E-state index contributed by atoms with van der Waals surface area (Å²) in [5.41, 5.74) is 0. The Balaban J connectivity index is 2.53.